The van der Waals surface area contributed by atoms with Gasteiger partial charge in [0.1, 0.15) is 5.82 Å². The van der Waals surface area contributed by atoms with Crippen LogP contribution in [0.5, 0.6) is 0 Å². The molecule has 0 aliphatic heterocycles. The van der Waals surface area contributed by atoms with E-state index >= 15 is 0 Å². The second-order valence-corrected chi connectivity index (χ2v) is 3.99. The monoisotopic (exact) mass is 222 g/mol. The van der Waals surface area contributed by atoms with Crippen molar-refractivity contribution in [1.82, 2.24) is 10.3 Å². The summed E-state index contributed by atoms with van der Waals surface area (Å²) in [5.41, 5.74) is 3.27. The van der Waals surface area contributed by atoms with Gasteiger partial charge in [0.25, 0.3) is 0 Å². The van der Waals surface area contributed by atoms with Crippen LogP contribution in [0.15, 0.2) is 29.8 Å². The Morgan fingerprint density at radius 2 is 2.20 bits per heavy atom. The molecule has 4 heteroatoms. The smallest absolute Gasteiger partial charge is 0.131 e. The minimum atomic E-state index is -0.195. The van der Waals surface area contributed by atoms with Crippen LogP contribution in [0.2, 0.25) is 0 Å². The quantitative estimate of drug-likeness (QED) is 0.863. The maximum atomic E-state index is 13.5. The Balaban J connectivity index is 2.45. The summed E-state index contributed by atoms with van der Waals surface area (Å²) in [5, 5.41) is 3.02. The van der Waals surface area contributed by atoms with E-state index in [1.807, 2.05) is 13.1 Å². The maximum Gasteiger partial charge on any atom is 0.131 e. The van der Waals surface area contributed by atoms with Crippen molar-refractivity contribution in [2.75, 3.05) is 7.05 Å². The zero-order valence-corrected chi connectivity index (χ0v) is 9.14. The molecule has 0 atom stereocenters. The number of thiazole rings is 1. The summed E-state index contributed by atoms with van der Waals surface area (Å²) in [7, 11) is 1.85. The molecule has 1 aromatic carbocycles. The number of halogens is 1. The SMILES string of the molecule is CNCc1ncsc1-c1ccccc1F. The lowest BCUT2D eigenvalue weighted by Gasteiger charge is -2.02. The summed E-state index contributed by atoms with van der Waals surface area (Å²) in [5.74, 6) is -0.195. The Morgan fingerprint density at radius 3 is 2.93 bits per heavy atom. The third-order valence-corrected chi connectivity index (χ3v) is 3.01. The molecule has 78 valence electrons. The van der Waals surface area contributed by atoms with Crippen LogP contribution in [-0.4, -0.2) is 12.0 Å². The number of benzene rings is 1. The number of nitrogens with one attached hydrogen (secondary N) is 1. The highest BCUT2D eigenvalue weighted by Crippen LogP contribution is 2.29. The highest BCUT2D eigenvalue weighted by molar-refractivity contribution is 7.13. The number of hydrogen-bond donors (Lipinski definition) is 1. The molecular weight excluding hydrogens is 211 g/mol. The van der Waals surface area contributed by atoms with E-state index < -0.39 is 0 Å². The van der Waals surface area contributed by atoms with Gasteiger partial charge in [0.05, 0.1) is 16.1 Å². The summed E-state index contributed by atoms with van der Waals surface area (Å²) in [6.45, 7) is 0.660. The molecule has 1 aromatic heterocycles. The molecule has 2 aromatic rings. The van der Waals surface area contributed by atoms with Gasteiger partial charge in [0, 0.05) is 12.1 Å². The summed E-state index contributed by atoms with van der Waals surface area (Å²) >= 11 is 1.47. The number of rotatable bonds is 3. The fourth-order valence-corrected chi connectivity index (χ4v) is 2.27. The molecule has 0 saturated heterocycles. The van der Waals surface area contributed by atoms with Crippen LogP contribution in [-0.2, 0) is 6.54 Å². The lowest BCUT2D eigenvalue weighted by molar-refractivity contribution is 0.631. The van der Waals surface area contributed by atoms with Gasteiger partial charge in [-0.15, -0.1) is 11.3 Å². The van der Waals surface area contributed by atoms with Gasteiger partial charge in [0.15, 0.2) is 0 Å². The molecule has 2 nitrogen and oxygen atoms in total. The van der Waals surface area contributed by atoms with E-state index in [-0.39, 0.29) is 5.82 Å². The van der Waals surface area contributed by atoms with Crippen molar-refractivity contribution in [3.8, 4) is 10.4 Å². The first-order valence-electron chi connectivity index (χ1n) is 4.65. The molecule has 0 fully saturated rings. The topological polar surface area (TPSA) is 24.9 Å². The van der Waals surface area contributed by atoms with E-state index in [1.165, 1.54) is 17.4 Å². The van der Waals surface area contributed by atoms with E-state index in [9.17, 15) is 4.39 Å². The van der Waals surface area contributed by atoms with Gasteiger partial charge in [-0.25, -0.2) is 9.37 Å². The number of aromatic nitrogens is 1. The summed E-state index contributed by atoms with van der Waals surface area (Å²) in [6.07, 6.45) is 0. The Bertz CT molecular complexity index is 453. The summed E-state index contributed by atoms with van der Waals surface area (Å²) in [4.78, 5) is 5.12. The Morgan fingerprint density at radius 1 is 1.40 bits per heavy atom. The van der Waals surface area contributed by atoms with Gasteiger partial charge in [-0.3, -0.25) is 0 Å². The summed E-state index contributed by atoms with van der Waals surface area (Å²) < 4.78 is 13.5. The average molecular weight is 222 g/mol. The highest BCUT2D eigenvalue weighted by Gasteiger charge is 2.11. The van der Waals surface area contributed by atoms with Crippen LogP contribution in [0.25, 0.3) is 10.4 Å². The first-order valence-corrected chi connectivity index (χ1v) is 5.52. The van der Waals surface area contributed by atoms with Crippen LogP contribution in [0, 0.1) is 5.82 Å². The lowest BCUT2D eigenvalue weighted by Crippen LogP contribution is -2.06. The molecule has 0 aliphatic carbocycles. The van der Waals surface area contributed by atoms with Crippen LogP contribution >= 0.6 is 11.3 Å². The molecule has 1 heterocycles. The van der Waals surface area contributed by atoms with E-state index in [0.717, 1.165) is 10.6 Å². The Labute approximate surface area is 91.8 Å². The minimum absolute atomic E-state index is 0.195. The van der Waals surface area contributed by atoms with E-state index in [1.54, 1.807) is 17.6 Å². The fraction of sp³-hybridized carbons (Fsp3) is 0.182. The van der Waals surface area contributed by atoms with E-state index in [4.69, 9.17) is 0 Å². The predicted octanol–water partition coefficient (Wildman–Crippen LogP) is 2.67. The minimum Gasteiger partial charge on any atom is -0.314 e. The van der Waals surface area contributed by atoms with Crippen LogP contribution in [0.4, 0.5) is 4.39 Å². The molecule has 15 heavy (non-hydrogen) atoms. The van der Waals surface area contributed by atoms with Crippen molar-refractivity contribution in [1.29, 1.82) is 0 Å². The third kappa shape index (κ3) is 2.06. The average Bonchev–Trinajstić information content (AvgIpc) is 2.67. The van der Waals surface area contributed by atoms with Gasteiger partial charge in [-0.2, -0.15) is 0 Å². The van der Waals surface area contributed by atoms with Gasteiger partial charge in [-0.05, 0) is 13.1 Å². The van der Waals surface area contributed by atoms with Gasteiger partial charge in [0.2, 0.25) is 0 Å². The molecule has 0 amide bonds. The number of hydrogen-bond acceptors (Lipinski definition) is 3. The van der Waals surface area contributed by atoms with Crippen LogP contribution in [0.1, 0.15) is 5.69 Å². The van der Waals surface area contributed by atoms with Gasteiger partial charge >= 0.3 is 0 Å². The zero-order valence-electron chi connectivity index (χ0n) is 8.33. The predicted molar refractivity (Wildman–Crippen MR) is 60.3 cm³/mol. The Hall–Kier alpha value is -1.26. The van der Waals surface area contributed by atoms with Crippen molar-refractivity contribution < 1.29 is 4.39 Å². The molecule has 0 radical (unpaired) electrons. The second kappa shape index (κ2) is 4.51. The molecule has 2 rings (SSSR count). The molecule has 0 bridgehead atoms. The molecule has 0 unspecified atom stereocenters. The first kappa shape index (κ1) is 10.3. The van der Waals surface area contributed by atoms with E-state index in [0.29, 0.717) is 12.1 Å². The second-order valence-electron chi connectivity index (χ2n) is 3.14. The molecule has 1 N–H and O–H groups in total. The third-order valence-electron chi connectivity index (χ3n) is 2.10. The molecule has 0 spiro atoms. The molecular formula is C11H11FN2S. The van der Waals surface area contributed by atoms with Crippen molar-refractivity contribution in [3.63, 3.8) is 0 Å². The standard InChI is InChI=1S/C11H11FN2S/c1-13-6-10-11(15-7-14-10)8-4-2-3-5-9(8)12/h2-5,7,13H,6H2,1H3. The maximum absolute atomic E-state index is 13.5. The largest absolute Gasteiger partial charge is 0.314 e. The van der Waals surface area contributed by atoms with Crippen molar-refractivity contribution in [2.24, 2.45) is 0 Å². The molecule has 0 aliphatic rings. The van der Waals surface area contributed by atoms with Gasteiger partial charge in [-0.1, -0.05) is 18.2 Å². The van der Waals surface area contributed by atoms with E-state index in [2.05, 4.69) is 10.3 Å². The molecule has 0 saturated carbocycles. The van der Waals surface area contributed by atoms with Crippen LogP contribution < -0.4 is 5.32 Å². The van der Waals surface area contributed by atoms with Crippen molar-refractivity contribution in [3.05, 3.63) is 41.3 Å². The fourth-order valence-electron chi connectivity index (χ4n) is 1.43. The highest BCUT2D eigenvalue weighted by atomic mass is 32.1. The van der Waals surface area contributed by atoms with Crippen LogP contribution in [0.3, 0.4) is 0 Å². The first-order chi connectivity index (χ1) is 7.33. The van der Waals surface area contributed by atoms with Crippen molar-refractivity contribution in [2.45, 2.75) is 6.54 Å². The normalized spacial score (nSPS) is 10.5. The van der Waals surface area contributed by atoms with Crippen molar-refractivity contribution >= 4 is 11.3 Å². The van der Waals surface area contributed by atoms with Gasteiger partial charge < -0.3 is 5.32 Å². The Kier molecular flexibility index (Phi) is 3.08. The summed E-state index contributed by atoms with van der Waals surface area (Å²) in [6, 6.07) is 6.78. The zero-order chi connectivity index (χ0) is 10.7. The number of nitrogens with zero attached hydrogens (tertiary/aromatic N) is 1. The lowest BCUT2D eigenvalue weighted by atomic mass is 10.1.